The van der Waals surface area contributed by atoms with Gasteiger partial charge in [-0.15, -0.1) is 0 Å². The zero-order chi connectivity index (χ0) is 13.7. The number of ether oxygens (including phenoxy) is 1. The van der Waals surface area contributed by atoms with E-state index in [9.17, 15) is 4.79 Å². The zero-order valence-corrected chi connectivity index (χ0v) is 10.8. The van der Waals surface area contributed by atoms with Gasteiger partial charge in [0.2, 0.25) is 0 Å². The topological polar surface area (TPSA) is 52.3 Å². The number of carbonyl (C=O) groups excluding carboxylic acids is 1. The van der Waals surface area contributed by atoms with Crippen molar-refractivity contribution >= 4 is 5.97 Å². The standard InChI is InChI=1S/C16H17NO2/c1-19-16(18)14(12-8-4-2-5-9-12)15(17)13-10-6-3-7-11-13/h2-11,14-15H,17H2,1H3/t14?,15-/m0/s1. The molecule has 0 aliphatic carbocycles. The van der Waals surface area contributed by atoms with Gasteiger partial charge in [-0.05, 0) is 11.1 Å². The molecule has 0 saturated heterocycles. The summed E-state index contributed by atoms with van der Waals surface area (Å²) in [7, 11) is 1.38. The number of carbonyl (C=O) groups is 1. The first-order chi connectivity index (χ1) is 9.24. The molecule has 0 fully saturated rings. The molecule has 2 N–H and O–H groups in total. The number of rotatable bonds is 4. The molecule has 19 heavy (non-hydrogen) atoms. The summed E-state index contributed by atoms with van der Waals surface area (Å²) in [5.74, 6) is -0.809. The van der Waals surface area contributed by atoms with Gasteiger partial charge in [-0.1, -0.05) is 60.7 Å². The fraction of sp³-hybridized carbons (Fsp3) is 0.188. The van der Waals surface area contributed by atoms with Crippen LogP contribution in [0, 0.1) is 0 Å². The van der Waals surface area contributed by atoms with Gasteiger partial charge >= 0.3 is 5.97 Å². The third-order valence-electron chi connectivity index (χ3n) is 3.16. The van der Waals surface area contributed by atoms with Crippen molar-refractivity contribution in [1.82, 2.24) is 0 Å². The van der Waals surface area contributed by atoms with Gasteiger partial charge in [-0.25, -0.2) is 0 Å². The minimum absolute atomic E-state index is 0.317. The molecule has 2 aromatic rings. The fourth-order valence-electron chi connectivity index (χ4n) is 2.15. The molecule has 0 radical (unpaired) electrons. The maximum Gasteiger partial charge on any atom is 0.315 e. The van der Waals surface area contributed by atoms with Crippen LogP contribution in [0.2, 0.25) is 0 Å². The second kappa shape index (κ2) is 6.16. The molecular weight excluding hydrogens is 238 g/mol. The predicted molar refractivity (Wildman–Crippen MR) is 74.6 cm³/mol. The van der Waals surface area contributed by atoms with Gasteiger partial charge in [0.15, 0.2) is 0 Å². The van der Waals surface area contributed by atoms with Gasteiger partial charge in [-0.2, -0.15) is 0 Å². The fourth-order valence-corrected chi connectivity index (χ4v) is 2.15. The van der Waals surface area contributed by atoms with Crippen LogP contribution in [-0.2, 0) is 9.53 Å². The lowest BCUT2D eigenvalue weighted by atomic mass is 9.87. The van der Waals surface area contributed by atoms with E-state index in [1.54, 1.807) is 0 Å². The molecule has 2 atom stereocenters. The molecule has 0 aliphatic heterocycles. The van der Waals surface area contributed by atoms with Crippen LogP contribution in [0.25, 0.3) is 0 Å². The SMILES string of the molecule is COC(=O)C(c1ccccc1)[C@@H](N)c1ccccc1. The molecule has 1 unspecified atom stereocenters. The van der Waals surface area contributed by atoms with Gasteiger partial charge in [0.25, 0.3) is 0 Å². The summed E-state index contributed by atoms with van der Waals surface area (Å²) in [6, 6.07) is 18.6. The van der Waals surface area contributed by atoms with Crippen molar-refractivity contribution in [2.75, 3.05) is 7.11 Å². The highest BCUT2D eigenvalue weighted by atomic mass is 16.5. The van der Waals surface area contributed by atoms with E-state index in [1.165, 1.54) is 7.11 Å². The summed E-state index contributed by atoms with van der Waals surface area (Å²) in [6.45, 7) is 0. The summed E-state index contributed by atoms with van der Waals surface area (Å²) in [5.41, 5.74) is 8.03. The summed E-state index contributed by atoms with van der Waals surface area (Å²) < 4.78 is 4.89. The molecule has 2 rings (SSSR count). The monoisotopic (exact) mass is 255 g/mol. The van der Waals surface area contributed by atoms with Crippen LogP contribution >= 0.6 is 0 Å². The molecule has 3 heteroatoms. The average molecular weight is 255 g/mol. The average Bonchev–Trinajstić information content (AvgIpc) is 2.49. The number of esters is 1. The Morgan fingerprint density at radius 2 is 1.42 bits per heavy atom. The van der Waals surface area contributed by atoms with Crippen LogP contribution < -0.4 is 5.73 Å². The van der Waals surface area contributed by atoms with Gasteiger partial charge in [0.1, 0.15) is 5.92 Å². The normalized spacial score (nSPS) is 13.6. The third kappa shape index (κ3) is 3.01. The summed E-state index contributed by atoms with van der Waals surface area (Å²) in [6.07, 6.45) is 0. The highest BCUT2D eigenvalue weighted by Gasteiger charge is 2.29. The van der Waals surface area contributed by atoms with Crippen molar-refractivity contribution in [3.05, 3.63) is 71.8 Å². The second-order valence-electron chi connectivity index (χ2n) is 4.35. The first-order valence-electron chi connectivity index (χ1n) is 6.17. The van der Waals surface area contributed by atoms with Gasteiger partial charge < -0.3 is 10.5 Å². The molecule has 0 saturated carbocycles. The molecule has 0 bridgehead atoms. The van der Waals surface area contributed by atoms with Gasteiger partial charge in [-0.3, -0.25) is 4.79 Å². The van der Waals surface area contributed by atoms with E-state index in [4.69, 9.17) is 10.5 Å². The van der Waals surface area contributed by atoms with Crippen LogP contribution in [0.4, 0.5) is 0 Å². The van der Waals surface area contributed by atoms with Crippen LogP contribution in [0.15, 0.2) is 60.7 Å². The summed E-state index contributed by atoms with van der Waals surface area (Å²) >= 11 is 0. The van der Waals surface area contributed by atoms with E-state index in [-0.39, 0.29) is 5.97 Å². The second-order valence-corrected chi connectivity index (χ2v) is 4.35. The Labute approximate surface area is 113 Å². The van der Waals surface area contributed by atoms with Crippen LogP contribution in [0.3, 0.4) is 0 Å². The Balaban J connectivity index is 2.36. The van der Waals surface area contributed by atoms with Gasteiger partial charge in [0, 0.05) is 6.04 Å². The predicted octanol–water partition coefficient (Wildman–Crippen LogP) is 2.64. The lowest BCUT2D eigenvalue weighted by Gasteiger charge is -2.22. The number of hydrogen-bond donors (Lipinski definition) is 1. The molecule has 98 valence electrons. The molecular formula is C16H17NO2. The van der Waals surface area contributed by atoms with Crippen molar-refractivity contribution < 1.29 is 9.53 Å². The Kier molecular flexibility index (Phi) is 4.31. The van der Waals surface area contributed by atoms with Crippen molar-refractivity contribution in [3.8, 4) is 0 Å². The summed E-state index contributed by atoms with van der Waals surface area (Å²) in [4.78, 5) is 12.0. The van der Waals surface area contributed by atoms with Crippen LogP contribution in [0.1, 0.15) is 23.1 Å². The van der Waals surface area contributed by atoms with Crippen molar-refractivity contribution in [2.24, 2.45) is 5.73 Å². The zero-order valence-electron chi connectivity index (χ0n) is 10.8. The maximum absolute atomic E-state index is 12.0. The highest BCUT2D eigenvalue weighted by Crippen LogP contribution is 2.29. The largest absolute Gasteiger partial charge is 0.468 e. The Morgan fingerprint density at radius 3 is 1.89 bits per heavy atom. The Morgan fingerprint density at radius 1 is 0.947 bits per heavy atom. The Bertz CT molecular complexity index is 525. The number of nitrogens with two attached hydrogens (primary N) is 1. The number of benzene rings is 2. The van der Waals surface area contributed by atoms with E-state index in [2.05, 4.69) is 0 Å². The van der Waals surface area contributed by atoms with Gasteiger partial charge in [0.05, 0.1) is 7.11 Å². The van der Waals surface area contributed by atoms with Crippen molar-refractivity contribution in [3.63, 3.8) is 0 Å². The minimum Gasteiger partial charge on any atom is -0.468 e. The number of methoxy groups -OCH3 is 1. The quantitative estimate of drug-likeness (QED) is 0.854. The smallest absolute Gasteiger partial charge is 0.315 e. The minimum atomic E-state index is -0.492. The van der Waals surface area contributed by atoms with Crippen LogP contribution in [0.5, 0.6) is 0 Å². The van der Waals surface area contributed by atoms with Crippen molar-refractivity contribution in [1.29, 1.82) is 0 Å². The van der Waals surface area contributed by atoms with Crippen molar-refractivity contribution in [2.45, 2.75) is 12.0 Å². The molecule has 0 aliphatic rings. The highest BCUT2D eigenvalue weighted by molar-refractivity contribution is 5.79. The molecule has 0 spiro atoms. The molecule has 0 aromatic heterocycles. The maximum atomic E-state index is 12.0. The first-order valence-corrected chi connectivity index (χ1v) is 6.17. The number of hydrogen-bond acceptors (Lipinski definition) is 3. The van der Waals surface area contributed by atoms with E-state index >= 15 is 0 Å². The molecule has 0 amide bonds. The Hall–Kier alpha value is -2.13. The van der Waals surface area contributed by atoms with Crippen LogP contribution in [-0.4, -0.2) is 13.1 Å². The molecule has 0 heterocycles. The van der Waals surface area contributed by atoms with E-state index in [1.807, 2.05) is 60.7 Å². The van der Waals surface area contributed by atoms with E-state index < -0.39 is 12.0 Å². The van der Waals surface area contributed by atoms with E-state index in [0.717, 1.165) is 11.1 Å². The molecule has 3 nitrogen and oxygen atoms in total. The molecule has 2 aromatic carbocycles. The van der Waals surface area contributed by atoms with E-state index in [0.29, 0.717) is 0 Å². The summed E-state index contributed by atoms with van der Waals surface area (Å²) in [5, 5.41) is 0. The lowest BCUT2D eigenvalue weighted by molar-refractivity contribution is -0.143. The lowest BCUT2D eigenvalue weighted by Crippen LogP contribution is -2.27. The third-order valence-corrected chi connectivity index (χ3v) is 3.16. The first kappa shape index (κ1) is 13.3.